The Balaban J connectivity index is 1.43. The van der Waals surface area contributed by atoms with Gasteiger partial charge in [-0.3, -0.25) is 4.79 Å². The van der Waals surface area contributed by atoms with Crippen molar-refractivity contribution in [2.75, 3.05) is 12.1 Å². The Morgan fingerprint density at radius 1 is 1.17 bits per heavy atom. The molecule has 0 unspecified atom stereocenters. The fraction of sp³-hybridized carbons (Fsp3) is 0.176. The lowest BCUT2D eigenvalue weighted by Crippen LogP contribution is -2.28. The molecule has 0 radical (unpaired) electrons. The third-order valence-corrected chi connectivity index (χ3v) is 4.12. The SMILES string of the molecule is O=C(Nc1ccc2c(c1)OCO2)[C@@H]1CC(c2ccccc2Cl)=NO1. The van der Waals surface area contributed by atoms with Crippen LogP contribution in [-0.4, -0.2) is 24.5 Å². The van der Waals surface area contributed by atoms with Crippen molar-refractivity contribution in [2.45, 2.75) is 12.5 Å². The van der Waals surface area contributed by atoms with E-state index in [1.54, 1.807) is 24.3 Å². The number of anilines is 1. The Labute approximate surface area is 143 Å². The van der Waals surface area contributed by atoms with Crippen LogP contribution < -0.4 is 14.8 Å². The maximum atomic E-state index is 12.4. The highest BCUT2D eigenvalue weighted by Crippen LogP contribution is 2.34. The Bertz CT molecular complexity index is 837. The van der Waals surface area contributed by atoms with Gasteiger partial charge in [0.15, 0.2) is 11.5 Å². The van der Waals surface area contributed by atoms with Gasteiger partial charge >= 0.3 is 0 Å². The van der Waals surface area contributed by atoms with Gasteiger partial charge in [0.1, 0.15) is 0 Å². The largest absolute Gasteiger partial charge is 0.454 e. The first-order chi connectivity index (χ1) is 11.7. The molecule has 0 bridgehead atoms. The molecule has 0 saturated carbocycles. The molecule has 7 heteroatoms. The van der Waals surface area contributed by atoms with Gasteiger partial charge < -0.3 is 19.6 Å². The molecule has 122 valence electrons. The van der Waals surface area contributed by atoms with Crippen LogP contribution in [0.1, 0.15) is 12.0 Å². The van der Waals surface area contributed by atoms with Gasteiger partial charge in [-0.05, 0) is 18.2 Å². The van der Waals surface area contributed by atoms with E-state index in [9.17, 15) is 4.79 Å². The molecular formula is C17H13ClN2O4. The number of carbonyl (C=O) groups is 1. The highest BCUT2D eigenvalue weighted by molar-refractivity contribution is 6.34. The van der Waals surface area contributed by atoms with Crippen molar-refractivity contribution < 1.29 is 19.1 Å². The van der Waals surface area contributed by atoms with E-state index in [0.717, 1.165) is 5.56 Å². The zero-order valence-corrected chi connectivity index (χ0v) is 13.2. The lowest BCUT2D eigenvalue weighted by molar-refractivity contribution is -0.125. The summed E-state index contributed by atoms with van der Waals surface area (Å²) >= 11 is 6.15. The first-order valence-corrected chi connectivity index (χ1v) is 7.76. The van der Waals surface area contributed by atoms with Gasteiger partial charge in [0.2, 0.25) is 12.9 Å². The van der Waals surface area contributed by atoms with Gasteiger partial charge in [-0.1, -0.05) is 35.0 Å². The highest BCUT2D eigenvalue weighted by Gasteiger charge is 2.30. The number of rotatable bonds is 3. The number of carbonyl (C=O) groups excluding carboxylic acids is 1. The topological polar surface area (TPSA) is 69.2 Å². The van der Waals surface area contributed by atoms with E-state index >= 15 is 0 Å². The van der Waals surface area contributed by atoms with Crippen molar-refractivity contribution in [3.63, 3.8) is 0 Å². The maximum absolute atomic E-state index is 12.4. The van der Waals surface area contributed by atoms with Crippen LogP contribution in [-0.2, 0) is 9.63 Å². The molecule has 0 aromatic heterocycles. The fourth-order valence-corrected chi connectivity index (χ4v) is 2.81. The standard InChI is InChI=1S/C17H13ClN2O4/c18-12-4-2-1-3-11(12)13-8-16(24-20-13)17(21)19-10-5-6-14-15(7-10)23-9-22-14/h1-7,16H,8-9H2,(H,19,21)/t16-/m0/s1. The van der Waals surface area contributed by atoms with Crippen molar-refractivity contribution >= 4 is 28.9 Å². The molecule has 2 aliphatic heterocycles. The van der Waals surface area contributed by atoms with Crippen LogP contribution in [0.4, 0.5) is 5.69 Å². The van der Waals surface area contributed by atoms with Gasteiger partial charge in [0, 0.05) is 28.8 Å². The number of halogens is 1. The van der Waals surface area contributed by atoms with E-state index < -0.39 is 6.10 Å². The van der Waals surface area contributed by atoms with E-state index in [1.807, 2.05) is 18.2 Å². The smallest absolute Gasteiger partial charge is 0.268 e. The molecule has 2 aromatic carbocycles. The molecule has 1 atom stereocenters. The zero-order chi connectivity index (χ0) is 16.5. The van der Waals surface area contributed by atoms with Gasteiger partial charge in [-0.2, -0.15) is 0 Å². The number of oxime groups is 1. The molecule has 6 nitrogen and oxygen atoms in total. The lowest BCUT2D eigenvalue weighted by atomic mass is 10.0. The molecule has 4 rings (SSSR count). The molecule has 2 aliphatic rings. The van der Waals surface area contributed by atoms with Gasteiger partial charge in [0.05, 0.1) is 5.71 Å². The molecule has 0 fully saturated rings. The van der Waals surface area contributed by atoms with Gasteiger partial charge in [0.25, 0.3) is 5.91 Å². The van der Waals surface area contributed by atoms with Crippen molar-refractivity contribution in [2.24, 2.45) is 5.16 Å². The second-order valence-corrected chi connectivity index (χ2v) is 5.78. The van der Waals surface area contributed by atoms with Crippen LogP contribution in [0.25, 0.3) is 0 Å². The third kappa shape index (κ3) is 2.76. The van der Waals surface area contributed by atoms with Crippen LogP contribution in [0.5, 0.6) is 11.5 Å². The summed E-state index contributed by atoms with van der Waals surface area (Å²) in [5.74, 6) is 0.988. The summed E-state index contributed by atoms with van der Waals surface area (Å²) in [5.41, 5.74) is 2.04. The second-order valence-electron chi connectivity index (χ2n) is 5.37. The molecule has 24 heavy (non-hydrogen) atoms. The summed E-state index contributed by atoms with van der Waals surface area (Å²) in [7, 11) is 0. The monoisotopic (exact) mass is 344 g/mol. The Morgan fingerprint density at radius 2 is 2.00 bits per heavy atom. The van der Waals surface area contributed by atoms with Crippen molar-refractivity contribution in [3.8, 4) is 11.5 Å². The molecule has 2 aromatic rings. The number of nitrogens with one attached hydrogen (secondary N) is 1. The summed E-state index contributed by atoms with van der Waals surface area (Å²) in [5, 5.41) is 7.37. The predicted molar refractivity (Wildman–Crippen MR) is 88.7 cm³/mol. The van der Waals surface area contributed by atoms with Crippen LogP contribution in [0.2, 0.25) is 5.02 Å². The van der Waals surface area contributed by atoms with Gasteiger partial charge in [-0.15, -0.1) is 0 Å². The number of amides is 1. The maximum Gasteiger partial charge on any atom is 0.268 e. The van der Waals surface area contributed by atoms with E-state index in [-0.39, 0.29) is 12.7 Å². The minimum atomic E-state index is -0.693. The van der Waals surface area contributed by atoms with Gasteiger partial charge in [-0.25, -0.2) is 0 Å². The normalized spacial score (nSPS) is 18.0. The molecule has 0 spiro atoms. The summed E-state index contributed by atoms with van der Waals surface area (Å²) in [4.78, 5) is 17.6. The second kappa shape index (κ2) is 6.05. The van der Waals surface area contributed by atoms with Crippen LogP contribution in [0.15, 0.2) is 47.6 Å². The molecule has 1 N–H and O–H groups in total. The minimum absolute atomic E-state index is 0.188. The first kappa shape index (κ1) is 14.8. The van der Waals surface area contributed by atoms with Crippen LogP contribution in [0, 0.1) is 0 Å². The van der Waals surface area contributed by atoms with Crippen LogP contribution in [0.3, 0.4) is 0 Å². The molecule has 2 heterocycles. The Morgan fingerprint density at radius 3 is 2.88 bits per heavy atom. The number of hydrogen-bond acceptors (Lipinski definition) is 5. The average Bonchev–Trinajstić information content (AvgIpc) is 3.24. The predicted octanol–water partition coefficient (Wildman–Crippen LogP) is 3.20. The van der Waals surface area contributed by atoms with E-state index in [2.05, 4.69) is 10.5 Å². The quantitative estimate of drug-likeness (QED) is 0.928. The van der Waals surface area contributed by atoms with E-state index in [0.29, 0.717) is 34.3 Å². The summed E-state index contributed by atoms with van der Waals surface area (Å²) in [6, 6.07) is 12.5. The summed E-state index contributed by atoms with van der Waals surface area (Å²) in [6.45, 7) is 0.188. The zero-order valence-electron chi connectivity index (χ0n) is 12.5. The molecule has 0 aliphatic carbocycles. The summed E-state index contributed by atoms with van der Waals surface area (Å²) < 4.78 is 10.5. The lowest BCUT2D eigenvalue weighted by Gasteiger charge is -2.10. The third-order valence-electron chi connectivity index (χ3n) is 3.79. The average molecular weight is 345 g/mol. The summed E-state index contributed by atoms with van der Waals surface area (Å²) in [6.07, 6.45) is -0.332. The van der Waals surface area contributed by atoms with Crippen molar-refractivity contribution in [1.29, 1.82) is 0 Å². The number of ether oxygens (including phenoxy) is 2. The molecule has 1 amide bonds. The Kier molecular flexibility index (Phi) is 3.74. The molecule has 0 saturated heterocycles. The fourth-order valence-electron chi connectivity index (χ4n) is 2.57. The number of fused-ring (bicyclic) bond motifs is 1. The van der Waals surface area contributed by atoms with E-state index in [1.165, 1.54) is 0 Å². The number of hydrogen-bond donors (Lipinski definition) is 1. The highest BCUT2D eigenvalue weighted by atomic mass is 35.5. The van der Waals surface area contributed by atoms with Crippen molar-refractivity contribution in [1.82, 2.24) is 0 Å². The minimum Gasteiger partial charge on any atom is -0.454 e. The Hall–Kier alpha value is -2.73. The molecular weight excluding hydrogens is 332 g/mol. The van der Waals surface area contributed by atoms with Crippen LogP contribution >= 0.6 is 11.6 Å². The van der Waals surface area contributed by atoms with E-state index in [4.69, 9.17) is 25.9 Å². The first-order valence-electron chi connectivity index (χ1n) is 7.39. The number of nitrogens with zero attached hydrogens (tertiary/aromatic N) is 1. The number of benzene rings is 2. The van der Waals surface area contributed by atoms with Crippen molar-refractivity contribution in [3.05, 3.63) is 53.1 Å².